The molecule has 5 heteroatoms. The molecule has 0 unspecified atom stereocenters. The van der Waals surface area contributed by atoms with Crippen LogP contribution in [-0.2, 0) is 14.2 Å². The third kappa shape index (κ3) is 4.04. The number of rotatable bonds is 4. The van der Waals surface area contributed by atoms with Crippen molar-refractivity contribution in [2.45, 2.75) is 102 Å². The highest BCUT2D eigenvalue weighted by atomic mass is 16.7. The van der Waals surface area contributed by atoms with Gasteiger partial charge in [0.1, 0.15) is 5.75 Å². The molecule has 6 rings (SSSR count). The van der Waals surface area contributed by atoms with Crippen LogP contribution in [0.3, 0.4) is 0 Å². The van der Waals surface area contributed by atoms with Crippen LogP contribution in [0.25, 0.3) is 0 Å². The molecule has 5 aliphatic rings. The van der Waals surface area contributed by atoms with Gasteiger partial charge < -0.3 is 18.9 Å². The first-order chi connectivity index (χ1) is 16.1. The monoisotopic (exact) mass is 454 g/mol. The summed E-state index contributed by atoms with van der Waals surface area (Å²) in [6, 6.07) is 6.21. The van der Waals surface area contributed by atoms with Gasteiger partial charge in [-0.2, -0.15) is 0 Å². The molecule has 1 aromatic rings. The summed E-state index contributed by atoms with van der Waals surface area (Å²) in [6.07, 6.45) is 11.8. The van der Waals surface area contributed by atoms with E-state index in [1.807, 2.05) is 6.07 Å². The normalized spacial score (nSPS) is 40.6. The van der Waals surface area contributed by atoms with E-state index in [1.54, 1.807) is 0 Å². The van der Waals surface area contributed by atoms with Crippen LogP contribution in [0, 0.1) is 17.3 Å². The van der Waals surface area contributed by atoms with Crippen LogP contribution in [0.15, 0.2) is 18.2 Å². The van der Waals surface area contributed by atoms with Crippen molar-refractivity contribution in [2.24, 2.45) is 17.3 Å². The minimum absolute atomic E-state index is 0.0303. The SMILES string of the molecule is C[C@]12CC[C@@H]3c4ccc(O[C@@H]5CCCCO5)cc4C(=O)C[C@H]3[C@@H]1CC[C@@H]2O[C@H]1CCCCO1. The predicted octanol–water partition coefficient (Wildman–Crippen LogP) is 6.00. The molecule has 33 heavy (non-hydrogen) atoms. The van der Waals surface area contributed by atoms with E-state index >= 15 is 0 Å². The summed E-state index contributed by atoms with van der Waals surface area (Å²) in [7, 11) is 0. The fraction of sp³-hybridized carbons (Fsp3) is 0.750. The Bertz CT molecular complexity index is 871. The van der Waals surface area contributed by atoms with Gasteiger partial charge in [-0.25, -0.2) is 0 Å². The zero-order valence-electron chi connectivity index (χ0n) is 19.9. The Labute approximate surface area is 197 Å². The number of fused-ring (bicyclic) bond motifs is 5. The van der Waals surface area contributed by atoms with Crippen molar-refractivity contribution in [1.82, 2.24) is 0 Å². The maximum atomic E-state index is 13.3. The summed E-state index contributed by atoms with van der Waals surface area (Å²) in [5.41, 5.74) is 2.28. The van der Waals surface area contributed by atoms with Crippen LogP contribution < -0.4 is 4.74 Å². The Balaban J connectivity index is 1.19. The highest BCUT2D eigenvalue weighted by Crippen LogP contribution is 2.61. The molecule has 2 saturated carbocycles. The highest BCUT2D eigenvalue weighted by Gasteiger charge is 2.56. The Morgan fingerprint density at radius 3 is 2.48 bits per heavy atom. The molecule has 0 N–H and O–H groups in total. The van der Waals surface area contributed by atoms with Gasteiger partial charge in [0.25, 0.3) is 0 Å². The molecule has 1 aromatic carbocycles. The fourth-order valence-electron chi connectivity index (χ4n) is 7.59. The molecule has 2 aliphatic heterocycles. The van der Waals surface area contributed by atoms with Crippen LogP contribution >= 0.6 is 0 Å². The molecule has 0 spiro atoms. The minimum Gasteiger partial charge on any atom is -0.465 e. The van der Waals surface area contributed by atoms with Gasteiger partial charge in [-0.3, -0.25) is 4.79 Å². The summed E-state index contributed by atoms with van der Waals surface area (Å²) < 4.78 is 24.3. The standard InChI is InChI=1S/C28H38O5/c1-28-13-12-20-19-9-8-18(32-26-6-2-4-14-30-26)16-22(19)24(29)17-21(20)23(28)10-11-25(28)33-27-7-3-5-15-31-27/h8-9,16,20-21,23,25-27H,2-7,10-15,17H2,1H3/t20-,21-,23+,25+,26-,27+,28+/m1/s1. The highest BCUT2D eigenvalue weighted by molar-refractivity contribution is 5.99. The third-order valence-corrected chi connectivity index (χ3v) is 9.36. The minimum atomic E-state index is -0.179. The van der Waals surface area contributed by atoms with Crippen molar-refractivity contribution in [3.8, 4) is 5.75 Å². The van der Waals surface area contributed by atoms with Crippen molar-refractivity contribution in [1.29, 1.82) is 0 Å². The van der Waals surface area contributed by atoms with E-state index in [4.69, 9.17) is 18.9 Å². The number of Topliss-reactive ketones (excluding diaryl/α,β-unsaturated/α-hetero) is 1. The average molecular weight is 455 g/mol. The molecule has 0 amide bonds. The molecule has 2 heterocycles. The Kier molecular flexibility index (Phi) is 6.00. The van der Waals surface area contributed by atoms with Gasteiger partial charge in [-0.05, 0) is 98.7 Å². The predicted molar refractivity (Wildman–Crippen MR) is 124 cm³/mol. The second kappa shape index (κ2) is 8.98. The quantitative estimate of drug-likeness (QED) is 0.558. The fourth-order valence-corrected chi connectivity index (χ4v) is 7.59. The third-order valence-electron chi connectivity index (χ3n) is 9.36. The smallest absolute Gasteiger partial charge is 0.199 e. The molecule has 4 fully saturated rings. The molecule has 3 aliphatic carbocycles. The van der Waals surface area contributed by atoms with Gasteiger partial charge in [0.2, 0.25) is 0 Å². The lowest BCUT2D eigenvalue weighted by molar-refractivity contribution is -0.212. The van der Waals surface area contributed by atoms with E-state index in [-0.39, 0.29) is 29.9 Å². The number of hydrogen-bond donors (Lipinski definition) is 0. The van der Waals surface area contributed by atoms with Crippen molar-refractivity contribution in [3.05, 3.63) is 29.3 Å². The van der Waals surface area contributed by atoms with E-state index in [1.165, 1.54) is 12.0 Å². The van der Waals surface area contributed by atoms with E-state index in [9.17, 15) is 4.79 Å². The van der Waals surface area contributed by atoms with Gasteiger partial charge in [-0.15, -0.1) is 0 Å². The lowest BCUT2D eigenvalue weighted by Crippen LogP contribution is -2.46. The number of carbonyl (C=O) groups excluding carboxylic acids is 1. The van der Waals surface area contributed by atoms with Crippen LogP contribution in [-0.4, -0.2) is 37.7 Å². The molecule has 5 nitrogen and oxygen atoms in total. The number of hydrogen-bond acceptors (Lipinski definition) is 5. The zero-order chi connectivity index (χ0) is 22.4. The van der Waals surface area contributed by atoms with Crippen molar-refractivity contribution in [2.75, 3.05) is 13.2 Å². The summed E-state index contributed by atoms with van der Waals surface area (Å²) in [4.78, 5) is 13.3. The van der Waals surface area contributed by atoms with Crippen LogP contribution in [0.4, 0.5) is 0 Å². The second-order valence-corrected chi connectivity index (χ2v) is 11.2. The van der Waals surface area contributed by atoms with Gasteiger partial charge >= 0.3 is 0 Å². The van der Waals surface area contributed by atoms with Gasteiger partial charge in [0.15, 0.2) is 18.4 Å². The van der Waals surface area contributed by atoms with Crippen molar-refractivity contribution >= 4 is 5.78 Å². The Morgan fingerprint density at radius 2 is 1.73 bits per heavy atom. The molecule has 7 atom stereocenters. The number of benzene rings is 1. The molecule has 0 bridgehead atoms. The lowest BCUT2D eigenvalue weighted by Gasteiger charge is -2.50. The number of ether oxygens (including phenoxy) is 4. The van der Waals surface area contributed by atoms with E-state index < -0.39 is 0 Å². The Morgan fingerprint density at radius 1 is 0.939 bits per heavy atom. The zero-order valence-corrected chi connectivity index (χ0v) is 19.9. The summed E-state index contributed by atoms with van der Waals surface area (Å²) in [5, 5.41) is 0. The molecule has 180 valence electrons. The summed E-state index contributed by atoms with van der Waals surface area (Å²) in [6.45, 7) is 4.01. The van der Waals surface area contributed by atoms with E-state index in [2.05, 4.69) is 19.1 Å². The first kappa shape index (κ1) is 22.1. The number of ketones is 1. The summed E-state index contributed by atoms with van der Waals surface area (Å²) >= 11 is 0. The van der Waals surface area contributed by atoms with E-state index in [0.717, 1.165) is 82.3 Å². The molecule has 2 saturated heterocycles. The first-order valence-corrected chi connectivity index (χ1v) is 13.3. The maximum absolute atomic E-state index is 13.3. The van der Waals surface area contributed by atoms with Crippen LogP contribution in [0.1, 0.15) is 99.4 Å². The van der Waals surface area contributed by atoms with Crippen LogP contribution in [0.5, 0.6) is 5.75 Å². The molecular weight excluding hydrogens is 416 g/mol. The van der Waals surface area contributed by atoms with Gasteiger partial charge in [0, 0.05) is 25.0 Å². The summed E-state index contributed by atoms with van der Waals surface area (Å²) in [5.74, 6) is 2.51. The van der Waals surface area contributed by atoms with Crippen LogP contribution in [0.2, 0.25) is 0 Å². The lowest BCUT2D eigenvalue weighted by atomic mass is 9.55. The van der Waals surface area contributed by atoms with E-state index in [0.29, 0.717) is 24.2 Å². The second-order valence-electron chi connectivity index (χ2n) is 11.2. The Hall–Kier alpha value is -1.43. The van der Waals surface area contributed by atoms with Gasteiger partial charge in [0.05, 0.1) is 12.7 Å². The molecule has 0 radical (unpaired) electrons. The average Bonchev–Trinajstić information content (AvgIpc) is 3.17. The van der Waals surface area contributed by atoms with Crippen molar-refractivity contribution < 1.29 is 23.7 Å². The van der Waals surface area contributed by atoms with Gasteiger partial charge in [-0.1, -0.05) is 13.0 Å². The molecule has 0 aromatic heterocycles. The first-order valence-electron chi connectivity index (χ1n) is 13.3. The molecular formula is C28H38O5. The maximum Gasteiger partial charge on any atom is 0.199 e. The van der Waals surface area contributed by atoms with Crippen molar-refractivity contribution in [3.63, 3.8) is 0 Å². The largest absolute Gasteiger partial charge is 0.465 e. The number of carbonyl (C=O) groups is 1. The topological polar surface area (TPSA) is 54.0 Å².